The largest absolute Gasteiger partial charge is 0.444 e. The van der Waals surface area contributed by atoms with Gasteiger partial charge in [0.25, 0.3) is 0 Å². The second-order valence-corrected chi connectivity index (χ2v) is 7.60. The van der Waals surface area contributed by atoms with Crippen molar-refractivity contribution >= 4 is 36.0 Å². The van der Waals surface area contributed by atoms with Gasteiger partial charge in [-0.25, -0.2) is 4.79 Å². The standard InChI is InChI=1S/C19H38N4O3.HI/c1-5-20-17(22-13-14-23-18(24)26-19(2,3)4)21-12-9-15-25-16-10-7-6-8-11-16;/h16H,5-15H2,1-4H3,(H,23,24)(H2,20,21,22);1H. The summed E-state index contributed by atoms with van der Waals surface area (Å²) in [6.45, 7) is 10.9. The molecule has 0 spiro atoms. The molecule has 8 heteroatoms. The van der Waals surface area contributed by atoms with Crippen LogP contribution < -0.4 is 16.0 Å². The summed E-state index contributed by atoms with van der Waals surface area (Å²) < 4.78 is 11.1. The highest BCUT2D eigenvalue weighted by Gasteiger charge is 2.15. The number of alkyl carbamates (subject to hydrolysis) is 1. The quantitative estimate of drug-likeness (QED) is 0.196. The number of nitrogens with zero attached hydrogens (tertiary/aromatic N) is 1. The summed E-state index contributed by atoms with van der Waals surface area (Å²) in [6, 6.07) is 0. The zero-order valence-electron chi connectivity index (χ0n) is 17.4. The van der Waals surface area contributed by atoms with E-state index in [1.54, 1.807) is 0 Å². The van der Waals surface area contributed by atoms with Gasteiger partial charge in [-0.2, -0.15) is 0 Å². The number of rotatable bonds is 9. The maximum absolute atomic E-state index is 11.6. The van der Waals surface area contributed by atoms with Crippen molar-refractivity contribution in [1.82, 2.24) is 16.0 Å². The lowest BCUT2D eigenvalue weighted by Crippen LogP contribution is -2.42. The van der Waals surface area contributed by atoms with E-state index < -0.39 is 11.7 Å². The lowest BCUT2D eigenvalue weighted by molar-refractivity contribution is 0.0281. The third-order valence-corrected chi connectivity index (χ3v) is 3.91. The van der Waals surface area contributed by atoms with Gasteiger partial charge >= 0.3 is 6.09 Å². The van der Waals surface area contributed by atoms with Crippen LogP contribution in [0.5, 0.6) is 0 Å². The first kappa shape index (κ1) is 26.2. The van der Waals surface area contributed by atoms with E-state index in [1.807, 2.05) is 27.7 Å². The average Bonchev–Trinajstić information content (AvgIpc) is 2.57. The molecule has 1 rings (SSSR count). The summed E-state index contributed by atoms with van der Waals surface area (Å²) in [5.74, 6) is 0.760. The Bertz CT molecular complexity index is 422. The minimum Gasteiger partial charge on any atom is -0.444 e. The number of amides is 1. The van der Waals surface area contributed by atoms with Crippen LogP contribution in [0.2, 0.25) is 0 Å². The SMILES string of the molecule is CCNC(=NCCCOC1CCCCC1)NCCNC(=O)OC(C)(C)C.I. The molecule has 0 aliphatic heterocycles. The fourth-order valence-corrected chi connectivity index (χ4v) is 2.74. The third kappa shape index (κ3) is 14.9. The third-order valence-electron chi connectivity index (χ3n) is 3.91. The van der Waals surface area contributed by atoms with Crippen LogP contribution in [-0.4, -0.2) is 56.5 Å². The lowest BCUT2D eigenvalue weighted by atomic mass is 9.98. The number of guanidine groups is 1. The molecule has 0 bridgehead atoms. The Labute approximate surface area is 181 Å². The van der Waals surface area contributed by atoms with Crippen molar-refractivity contribution in [1.29, 1.82) is 0 Å². The summed E-state index contributed by atoms with van der Waals surface area (Å²) in [4.78, 5) is 16.1. The van der Waals surface area contributed by atoms with Crippen LogP contribution in [0.1, 0.15) is 66.2 Å². The zero-order chi connectivity index (χ0) is 19.3. The Kier molecular flexibility index (Phi) is 14.8. The molecule has 0 radical (unpaired) electrons. The fourth-order valence-electron chi connectivity index (χ4n) is 2.74. The lowest BCUT2D eigenvalue weighted by Gasteiger charge is -2.21. The van der Waals surface area contributed by atoms with Gasteiger partial charge in [0.05, 0.1) is 6.10 Å². The maximum atomic E-state index is 11.6. The molecule has 160 valence electrons. The van der Waals surface area contributed by atoms with E-state index >= 15 is 0 Å². The van der Waals surface area contributed by atoms with Gasteiger partial charge in [-0.1, -0.05) is 19.3 Å². The van der Waals surface area contributed by atoms with Crippen molar-refractivity contribution in [2.75, 3.05) is 32.8 Å². The fraction of sp³-hybridized carbons (Fsp3) is 0.895. The molecule has 7 nitrogen and oxygen atoms in total. The summed E-state index contributed by atoms with van der Waals surface area (Å²) in [5.41, 5.74) is -0.479. The van der Waals surface area contributed by atoms with Gasteiger partial charge in [-0.15, -0.1) is 24.0 Å². The van der Waals surface area contributed by atoms with Crippen molar-refractivity contribution in [3.8, 4) is 0 Å². The maximum Gasteiger partial charge on any atom is 0.407 e. The monoisotopic (exact) mass is 498 g/mol. The van der Waals surface area contributed by atoms with E-state index in [0.717, 1.165) is 32.1 Å². The number of carbonyl (C=O) groups is 1. The van der Waals surface area contributed by atoms with Crippen molar-refractivity contribution in [2.24, 2.45) is 4.99 Å². The minimum absolute atomic E-state index is 0. The Morgan fingerprint density at radius 1 is 1.07 bits per heavy atom. The van der Waals surface area contributed by atoms with Crippen LogP contribution in [0.3, 0.4) is 0 Å². The number of nitrogens with one attached hydrogen (secondary N) is 3. The Hall–Kier alpha value is -0.770. The average molecular weight is 498 g/mol. The van der Waals surface area contributed by atoms with E-state index in [2.05, 4.69) is 20.9 Å². The molecule has 1 fully saturated rings. The zero-order valence-corrected chi connectivity index (χ0v) is 19.8. The first-order chi connectivity index (χ1) is 12.4. The highest BCUT2D eigenvalue weighted by atomic mass is 127. The summed E-state index contributed by atoms with van der Waals surface area (Å²) in [5, 5.41) is 9.13. The molecule has 0 aromatic heterocycles. The van der Waals surface area contributed by atoms with Crippen molar-refractivity contribution in [3.63, 3.8) is 0 Å². The molecule has 0 heterocycles. The summed E-state index contributed by atoms with van der Waals surface area (Å²) >= 11 is 0. The Morgan fingerprint density at radius 2 is 1.74 bits per heavy atom. The van der Waals surface area contributed by atoms with Crippen LogP contribution in [0.25, 0.3) is 0 Å². The van der Waals surface area contributed by atoms with Gasteiger partial charge in [0.2, 0.25) is 0 Å². The minimum atomic E-state index is -0.479. The predicted octanol–water partition coefficient (Wildman–Crippen LogP) is 3.42. The number of ether oxygens (including phenoxy) is 2. The smallest absolute Gasteiger partial charge is 0.407 e. The van der Waals surface area contributed by atoms with Crippen LogP contribution >= 0.6 is 24.0 Å². The molecule has 1 amide bonds. The Morgan fingerprint density at radius 3 is 2.37 bits per heavy atom. The number of hydrogen-bond donors (Lipinski definition) is 3. The van der Waals surface area contributed by atoms with E-state index in [0.29, 0.717) is 19.2 Å². The normalized spacial score (nSPS) is 15.6. The van der Waals surface area contributed by atoms with Crippen LogP contribution in [-0.2, 0) is 9.47 Å². The second kappa shape index (κ2) is 15.2. The number of halogens is 1. The molecule has 27 heavy (non-hydrogen) atoms. The predicted molar refractivity (Wildman–Crippen MR) is 121 cm³/mol. The molecule has 3 N–H and O–H groups in total. The molecule has 1 aliphatic carbocycles. The molecule has 0 aromatic carbocycles. The summed E-state index contributed by atoms with van der Waals surface area (Å²) in [7, 11) is 0. The number of aliphatic imine (C=N–C) groups is 1. The van der Waals surface area contributed by atoms with Crippen LogP contribution in [0, 0.1) is 0 Å². The number of carbonyl (C=O) groups excluding carboxylic acids is 1. The van der Waals surface area contributed by atoms with Gasteiger partial charge in [-0.3, -0.25) is 4.99 Å². The van der Waals surface area contributed by atoms with E-state index in [-0.39, 0.29) is 24.0 Å². The van der Waals surface area contributed by atoms with Crippen molar-refractivity contribution in [3.05, 3.63) is 0 Å². The summed E-state index contributed by atoms with van der Waals surface area (Å²) in [6.07, 6.45) is 7.34. The van der Waals surface area contributed by atoms with Crippen LogP contribution in [0.4, 0.5) is 4.79 Å². The number of hydrogen-bond acceptors (Lipinski definition) is 4. The van der Waals surface area contributed by atoms with Gasteiger partial charge in [-0.05, 0) is 47.0 Å². The van der Waals surface area contributed by atoms with Crippen LogP contribution in [0.15, 0.2) is 4.99 Å². The molecule has 0 unspecified atom stereocenters. The first-order valence-corrected chi connectivity index (χ1v) is 10.0. The molecular weight excluding hydrogens is 459 g/mol. The van der Waals surface area contributed by atoms with Gasteiger partial charge in [0.15, 0.2) is 5.96 Å². The van der Waals surface area contributed by atoms with Gasteiger partial charge < -0.3 is 25.4 Å². The highest BCUT2D eigenvalue weighted by Crippen LogP contribution is 2.20. The van der Waals surface area contributed by atoms with Crippen molar-refractivity contribution in [2.45, 2.75) is 77.9 Å². The van der Waals surface area contributed by atoms with Gasteiger partial charge in [0, 0.05) is 32.8 Å². The van der Waals surface area contributed by atoms with E-state index in [9.17, 15) is 4.79 Å². The molecule has 0 atom stereocenters. The van der Waals surface area contributed by atoms with Crippen molar-refractivity contribution < 1.29 is 14.3 Å². The molecule has 1 aliphatic rings. The Balaban J connectivity index is 0.00000676. The molecule has 0 aromatic rings. The van der Waals surface area contributed by atoms with Gasteiger partial charge in [0.1, 0.15) is 5.60 Å². The second-order valence-electron chi connectivity index (χ2n) is 7.60. The van der Waals surface area contributed by atoms with E-state index in [4.69, 9.17) is 9.47 Å². The highest BCUT2D eigenvalue weighted by molar-refractivity contribution is 14.0. The molecule has 0 saturated heterocycles. The first-order valence-electron chi connectivity index (χ1n) is 10.0. The molecule has 1 saturated carbocycles. The topological polar surface area (TPSA) is 84.0 Å². The molecular formula is C19H39IN4O3. The van der Waals surface area contributed by atoms with E-state index in [1.165, 1.54) is 32.1 Å².